The highest BCUT2D eigenvalue weighted by Gasteiger charge is 2.01. The van der Waals surface area contributed by atoms with Gasteiger partial charge in [-0.15, -0.1) is 0 Å². The average molecular weight is 161 g/mol. The van der Waals surface area contributed by atoms with Crippen LogP contribution in [0.3, 0.4) is 0 Å². The summed E-state index contributed by atoms with van der Waals surface area (Å²) in [6.45, 7) is 1.89. The van der Waals surface area contributed by atoms with Gasteiger partial charge in [0.05, 0.1) is 0 Å². The van der Waals surface area contributed by atoms with E-state index in [1.165, 1.54) is 0 Å². The van der Waals surface area contributed by atoms with Crippen LogP contribution in [0.15, 0.2) is 12.1 Å². The van der Waals surface area contributed by atoms with E-state index >= 15 is 0 Å². The Bertz CT molecular complexity index is 433. The normalized spacial score (nSPS) is 10.4. The number of aldehydes is 1. The first-order chi connectivity index (χ1) is 5.79. The smallest absolute Gasteiger partial charge is 0.185 e. The number of aromatic amines is 1. The Morgan fingerprint density at radius 2 is 2.25 bits per heavy atom. The molecule has 2 heterocycles. The maximum absolute atomic E-state index is 10.3. The van der Waals surface area contributed by atoms with Gasteiger partial charge in [-0.1, -0.05) is 0 Å². The standard InChI is InChI=1S/C8H7N3O/c1-5-2-3-6-8(9-5)11-7(4-12)10-6/h2-4H,1H3,(H,9,10,11). The Hall–Kier alpha value is -1.71. The van der Waals surface area contributed by atoms with Gasteiger partial charge in [0.2, 0.25) is 0 Å². The lowest BCUT2D eigenvalue weighted by molar-refractivity contribution is 0.111. The molecule has 0 aliphatic heterocycles. The number of imidazole rings is 1. The fourth-order valence-electron chi connectivity index (χ4n) is 1.07. The van der Waals surface area contributed by atoms with Gasteiger partial charge in [-0.2, -0.15) is 0 Å². The zero-order valence-corrected chi connectivity index (χ0v) is 6.53. The monoisotopic (exact) mass is 161 g/mol. The molecular formula is C8H7N3O. The Morgan fingerprint density at radius 1 is 1.42 bits per heavy atom. The molecule has 0 amide bonds. The van der Waals surface area contributed by atoms with Crippen molar-refractivity contribution < 1.29 is 4.79 Å². The molecular weight excluding hydrogens is 154 g/mol. The van der Waals surface area contributed by atoms with E-state index in [1.807, 2.05) is 19.1 Å². The fraction of sp³-hybridized carbons (Fsp3) is 0.125. The minimum absolute atomic E-state index is 0.322. The van der Waals surface area contributed by atoms with Crippen molar-refractivity contribution in [3.63, 3.8) is 0 Å². The van der Waals surface area contributed by atoms with Crippen LogP contribution in [0.1, 0.15) is 16.3 Å². The van der Waals surface area contributed by atoms with Crippen molar-refractivity contribution in [2.75, 3.05) is 0 Å². The minimum Gasteiger partial charge on any atom is -0.320 e. The van der Waals surface area contributed by atoms with E-state index in [2.05, 4.69) is 15.0 Å². The molecule has 0 aliphatic rings. The molecule has 60 valence electrons. The number of pyridine rings is 1. The molecule has 0 radical (unpaired) electrons. The Labute approximate surface area is 68.7 Å². The van der Waals surface area contributed by atoms with Crippen LogP contribution in [-0.2, 0) is 0 Å². The number of aryl methyl sites for hydroxylation is 1. The van der Waals surface area contributed by atoms with Crippen LogP contribution in [-0.4, -0.2) is 21.2 Å². The zero-order chi connectivity index (χ0) is 8.55. The van der Waals surface area contributed by atoms with Crippen LogP contribution >= 0.6 is 0 Å². The van der Waals surface area contributed by atoms with Crippen LogP contribution in [0.4, 0.5) is 0 Å². The predicted molar refractivity (Wildman–Crippen MR) is 44.0 cm³/mol. The number of carbonyl (C=O) groups excluding carboxylic acids is 1. The second-order valence-electron chi connectivity index (χ2n) is 2.56. The van der Waals surface area contributed by atoms with E-state index in [1.54, 1.807) is 0 Å². The second kappa shape index (κ2) is 2.41. The number of hydrogen-bond acceptors (Lipinski definition) is 3. The van der Waals surface area contributed by atoms with E-state index in [-0.39, 0.29) is 0 Å². The maximum atomic E-state index is 10.3. The third-order valence-electron chi connectivity index (χ3n) is 1.61. The van der Waals surface area contributed by atoms with Gasteiger partial charge in [0.1, 0.15) is 5.52 Å². The molecule has 0 aromatic carbocycles. The Morgan fingerprint density at radius 3 is 3.00 bits per heavy atom. The third-order valence-corrected chi connectivity index (χ3v) is 1.61. The molecule has 0 fully saturated rings. The highest BCUT2D eigenvalue weighted by molar-refractivity contribution is 5.79. The number of rotatable bonds is 1. The first-order valence-electron chi connectivity index (χ1n) is 3.58. The first kappa shape index (κ1) is 6.97. The molecule has 0 aliphatic carbocycles. The van der Waals surface area contributed by atoms with Crippen LogP contribution in [0.5, 0.6) is 0 Å². The van der Waals surface area contributed by atoms with Crippen molar-refractivity contribution in [1.29, 1.82) is 0 Å². The van der Waals surface area contributed by atoms with E-state index in [0.29, 0.717) is 17.8 Å². The van der Waals surface area contributed by atoms with E-state index in [9.17, 15) is 4.79 Å². The molecule has 2 aromatic rings. The van der Waals surface area contributed by atoms with E-state index in [0.717, 1.165) is 11.2 Å². The topological polar surface area (TPSA) is 58.6 Å². The Balaban J connectivity index is 2.75. The number of nitrogens with zero attached hydrogens (tertiary/aromatic N) is 2. The van der Waals surface area contributed by atoms with Crippen LogP contribution in [0.25, 0.3) is 11.2 Å². The molecule has 0 atom stereocenters. The lowest BCUT2D eigenvalue weighted by Crippen LogP contribution is -1.81. The molecule has 0 unspecified atom stereocenters. The van der Waals surface area contributed by atoms with Gasteiger partial charge in [-0.3, -0.25) is 4.79 Å². The van der Waals surface area contributed by atoms with Crippen LogP contribution < -0.4 is 0 Å². The minimum atomic E-state index is 0.322. The summed E-state index contributed by atoms with van der Waals surface area (Å²) in [5, 5.41) is 0. The number of aromatic nitrogens is 3. The fourth-order valence-corrected chi connectivity index (χ4v) is 1.07. The molecule has 0 saturated carbocycles. The summed E-state index contributed by atoms with van der Waals surface area (Å²) in [6.07, 6.45) is 0.678. The first-order valence-corrected chi connectivity index (χ1v) is 3.58. The summed E-state index contributed by atoms with van der Waals surface area (Å²) >= 11 is 0. The van der Waals surface area contributed by atoms with Gasteiger partial charge >= 0.3 is 0 Å². The number of fused-ring (bicyclic) bond motifs is 1. The molecule has 4 heteroatoms. The van der Waals surface area contributed by atoms with Gasteiger partial charge in [0, 0.05) is 5.69 Å². The summed E-state index contributed by atoms with van der Waals surface area (Å²) in [4.78, 5) is 21.3. The highest BCUT2D eigenvalue weighted by Crippen LogP contribution is 2.07. The lowest BCUT2D eigenvalue weighted by Gasteiger charge is -1.88. The average Bonchev–Trinajstić information content (AvgIpc) is 2.46. The zero-order valence-electron chi connectivity index (χ0n) is 6.53. The van der Waals surface area contributed by atoms with E-state index < -0.39 is 0 Å². The molecule has 1 N–H and O–H groups in total. The highest BCUT2D eigenvalue weighted by atomic mass is 16.1. The third kappa shape index (κ3) is 0.972. The van der Waals surface area contributed by atoms with Gasteiger partial charge in [0.25, 0.3) is 0 Å². The van der Waals surface area contributed by atoms with E-state index in [4.69, 9.17) is 0 Å². The summed E-state index contributed by atoms with van der Waals surface area (Å²) < 4.78 is 0. The number of nitrogens with one attached hydrogen (secondary N) is 1. The summed E-state index contributed by atoms with van der Waals surface area (Å²) in [6, 6.07) is 3.69. The molecule has 12 heavy (non-hydrogen) atoms. The number of H-pyrrole nitrogens is 1. The molecule has 2 rings (SSSR count). The van der Waals surface area contributed by atoms with Gasteiger partial charge in [-0.05, 0) is 19.1 Å². The van der Waals surface area contributed by atoms with Crippen LogP contribution in [0.2, 0.25) is 0 Å². The quantitative estimate of drug-likeness (QED) is 0.636. The van der Waals surface area contributed by atoms with Crippen molar-refractivity contribution in [3.05, 3.63) is 23.7 Å². The van der Waals surface area contributed by atoms with Crippen molar-refractivity contribution >= 4 is 17.5 Å². The lowest BCUT2D eigenvalue weighted by atomic mass is 10.4. The predicted octanol–water partition coefficient (Wildman–Crippen LogP) is 1.08. The number of hydrogen-bond donors (Lipinski definition) is 1. The largest absolute Gasteiger partial charge is 0.320 e. The second-order valence-corrected chi connectivity index (χ2v) is 2.56. The van der Waals surface area contributed by atoms with Gasteiger partial charge < -0.3 is 4.98 Å². The van der Waals surface area contributed by atoms with Gasteiger partial charge in [-0.25, -0.2) is 9.97 Å². The molecule has 0 saturated heterocycles. The number of carbonyl (C=O) groups is 1. The van der Waals surface area contributed by atoms with Crippen molar-refractivity contribution in [3.8, 4) is 0 Å². The summed E-state index contributed by atoms with van der Waals surface area (Å²) in [5.74, 6) is 0.322. The SMILES string of the molecule is Cc1ccc2nc(C=O)[nH]c2n1. The summed E-state index contributed by atoms with van der Waals surface area (Å²) in [5.41, 5.74) is 2.29. The molecule has 2 aromatic heterocycles. The summed E-state index contributed by atoms with van der Waals surface area (Å²) in [7, 11) is 0. The van der Waals surface area contributed by atoms with Crippen molar-refractivity contribution in [1.82, 2.24) is 15.0 Å². The molecule has 0 spiro atoms. The maximum Gasteiger partial charge on any atom is 0.185 e. The van der Waals surface area contributed by atoms with Crippen LogP contribution in [0, 0.1) is 6.92 Å². The Kier molecular flexibility index (Phi) is 1.40. The molecule has 0 bridgehead atoms. The van der Waals surface area contributed by atoms with Gasteiger partial charge in [0.15, 0.2) is 17.8 Å². The van der Waals surface area contributed by atoms with Crippen molar-refractivity contribution in [2.45, 2.75) is 6.92 Å². The van der Waals surface area contributed by atoms with Crippen molar-refractivity contribution in [2.24, 2.45) is 0 Å². The molecule has 4 nitrogen and oxygen atoms in total.